The number of anilines is 1. The Balaban J connectivity index is 2.27. The lowest BCUT2D eigenvalue weighted by Crippen LogP contribution is -2.24. The summed E-state index contributed by atoms with van der Waals surface area (Å²) in [5.74, 6) is -0.241. The van der Waals surface area contributed by atoms with E-state index < -0.39 is 0 Å². The minimum absolute atomic E-state index is 0.241. The fraction of sp³-hybridized carbons (Fsp3) is 0.200. The Bertz CT molecular complexity index is 598. The standard InChI is InChI=1S/C15H16FN3S/c1-2-19(13-7-5-12(16)6-8-13)10-11-4-3-9-18-14(11)15(17)20/h3-9H,2,10H2,1H3,(H2,17,20). The summed E-state index contributed by atoms with van der Waals surface area (Å²) >= 11 is 5.02. The first-order valence-electron chi connectivity index (χ1n) is 6.36. The van der Waals surface area contributed by atoms with E-state index in [2.05, 4.69) is 9.88 Å². The van der Waals surface area contributed by atoms with Crippen molar-refractivity contribution in [1.82, 2.24) is 4.98 Å². The molecule has 1 aromatic heterocycles. The van der Waals surface area contributed by atoms with Crippen molar-refractivity contribution in [2.75, 3.05) is 11.4 Å². The lowest BCUT2D eigenvalue weighted by atomic mass is 10.1. The van der Waals surface area contributed by atoms with Crippen molar-refractivity contribution in [2.45, 2.75) is 13.5 Å². The Labute approximate surface area is 123 Å². The molecule has 0 fully saturated rings. The molecule has 20 heavy (non-hydrogen) atoms. The Hall–Kier alpha value is -2.01. The summed E-state index contributed by atoms with van der Waals surface area (Å²) in [6, 6.07) is 10.2. The zero-order chi connectivity index (χ0) is 14.5. The summed E-state index contributed by atoms with van der Waals surface area (Å²) in [6.45, 7) is 3.46. The SMILES string of the molecule is CCN(Cc1cccnc1C(N)=S)c1ccc(F)cc1. The summed E-state index contributed by atoms with van der Waals surface area (Å²) in [5, 5.41) is 0. The van der Waals surface area contributed by atoms with Gasteiger partial charge in [0, 0.05) is 30.5 Å². The number of nitrogens with two attached hydrogens (primary N) is 1. The van der Waals surface area contributed by atoms with E-state index in [0.29, 0.717) is 12.2 Å². The minimum Gasteiger partial charge on any atom is -0.388 e. The number of halogens is 1. The number of thiocarbonyl (C=S) groups is 1. The van der Waals surface area contributed by atoms with Gasteiger partial charge in [0.05, 0.1) is 0 Å². The Morgan fingerprint density at radius 1 is 1.30 bits per heavy atom. The van der Waals surface area contributed by atoms with Crippen molar-refractivity contribution >= 4 is 22.9 Å². The molecule has 2 rings (SSSR count). The third-order valence-electron chi connectivity index (χ3n) is 3.06. The fourth-order valence-electron chi connectivity index (χ4n) is 2.03. The number of aromatic nitrogens is 1. The summed E-state index contributed by atoms with van der Waals surface area (Å²) in [6.07, 6.45) is 1.67. The van der Waals surface area contributed by atoms with Gasteiger partial charge in [0.1, 0.15) is 16.5 Å². The van der Waals surface area contributed by atoms with Crippen molar-refractivity contribution in [3.8, 4) is 0 Å². The zero-order valence-corrected chi connectivity index (χ0v) is 12.0. The van der Waals surface area contributed by atoms with E-state index in [0.717, 1.165) is 17.8 Å². The van der Waals surface area contributed by atoms with Crippen LogP contribution in [0.2, 0.25) is 0 Å². The summed E-state index contributed by atoms with van der Waals surface area (Å²) in [5.41, 5.74) is 8.25. The number of hydrogen-bond acceptors (Lipinski definition) is 3. The van der Waals surface area contributed by atoms with Crippen LogP contribution in [0, 0.1) is 5.82 Å². The van der Waals surface area contributed by atoms with Crippen LogP contribution in [-0.2, 0) is 6.54 Å². The van der Waals surface area contributed by atoms with Crippen LogP contribution < -0.4 is 10.6 Å². The highest BCUT2D eigenvalue weighted by Gasteiger charge is 2.11. The molecule has 0 amide bonds. The molecule has 1 heterocycles. The first kappa shape index (κ1) is 14.4. The third-order valence-corrected chi connectivity index (χ3v) is 3.25. The highest BCUT2D eigenvalue weighted by Crippen LogP contribution is 2.18. The zero-order valence-electron chi connectivity index (χ0n) is 11.2. The van der Waals surface area contributed by atoms with Crippen LogP contribution in [0.3, 0.4) is 0 Å². The molecule has 2 aromatic rings. The number of rotatable bonds is 5. The molecular weight excluding hydrogens is 273 g/mol. The van der Waals surface area contributed by atoms with Gasteiger partial charge in [-0.05, 0) is 37.3 Å². The quantitative estimate of drug-likeness (QED) is 0.859. The monoisotopic (exact) mass is 289 g/mol. The average molecular weight is 289 g/mol. The molecular formula is C15H16FN3S. The molecule has 0 saturated carbocycles. The van der Waals surface area contributed by atoms with E-state index in [-0.39, 0.29) is 10.8 Å². The molecule has 3 nitrogen and oxygen atoms in total. The van der Waals surface area contributed by atoms with E-state index in [4.69, 9.17) is 18.0 Å². The number of hydrogen-bond donors (Lipinski definition) is 1. The molecule has 0 aliphatic carbocycles. The lowest BCUT2D eigenvalue weighted by Gasteiger charge is -2.24. The number of nitrogens with zero attached hydrogens (tertiary/aromatic N) is 2. The molecule has 104 valence electrons. The summed E-state index contributed by atoms with van der Waals surface area (Å²) in [4.78, 5) is 6.62. The van der Waals surface area contributed by atoms with Gasteiger partial charge in [-0.1, -0.05) is 18.3 Å². The van der Waals surface area contributed by atoms with E-state index in [9.17, 15) is 4.39 Å². The molecule has 0 atom stereocenters. The maximum Gasteiger partial charge on any atom is 0.123 e. The molecule has 5 heteroatoms. The number of pyridine rings is 1. The Morgan fingerprint density at radius 3 is 2.60 bits per heavy atom. The van der Waals surface area contributed by atoms with Crippen molar-refractivity contribution < 1.29 is 4.39 Å². The van der Waals surface area contributed by atoms with Gasteiger partial charge in [0.15, 0.2) is 0 Å². The van der Waals surface area contributed by atoms with Crippen LogP contribution in [0.15, 0.2) is 42.6 Å². The topological polar surface area (TPSA) is 42.2 Å². The van der Waals surface area contributed by atoms with Gasteiger partial charge in [-0.2, -0.15) is 0 Å². The van der Waals surface area contributed by atoms with Crippen LogP contribution in [0.4, 0.5) is 10.1 Å². The van der Waals surface area contributed by atoms with Crippen molar-refractivity contribution in [3.63, 3.8) is 0 Å². The highest BCUT2D eigenvalue weighted by atomic mass is 32.1. The van der Waals surface area contributed by atoms with Gasteiger partial charge in [0.25, 0.3) is 0 Å². The predicted octanol–water partition coefficient (Wildman–Crippen LogP) is 2.88. The smallest absolute Gasteiger partial charge is 0.123 e. The van der Waals surface area contributed by atoms with Crippen LogP contribution in [0.5, 0.6) is 0 Å². The van der Waals surface area contributed by atoms with Crippen molar-refractivity contribution in [3.05, 3.63) is 59.7 Å². The van der Waals surface area contributed by atoms with E-state index in [1.165, 1.54) is 12.1 Å². The van der Waals surface area contributed by atoms with Crippen LogP contribution >= 0.6 is 12.2 Å². The summed E-state index contributed by atoms with van der Waals surface area (Å²) < 4.78 is 13.0. The molecule has 0 aliphatic heterocycles. The fourth-order valence-corrected chi connectivity index (χ4v) is 2.22. The third kappa shape index (κ3) is 3.30. The normalized spacial score (nSPS) is 10.3. The molecule has 1 aromatic carbocycles. The van der Waals surface area contributed by atoms with Gasteiger partial charge in [-0.25, -0.2) is 4.39 Å². The van der Waals surface area contributed by atoms with Crippen LogP contribution in [0.1, 0.15) is 18.2 Å². The second-order valence-electron chi connectivity index (χ2n) is 4.37. The Kier molecular flexibility index (Phi) is 4.63. The molecule has 2 N–H and O–H groups in total. The van der Waals surface area contributed by atoms with Gasteiger partial charge in [0.2, 0.25) is 0 Å². The first-order chi connectivity index (χ1) is 9.61. The second-order valence-corrected chi connectivity index (χ2v) is 4.81. The number of benzene rings is 1. The van der Waals surface area contributed by atoms with Crippen LogP contribution in [-0.4, -0.2) is 16.5 Å². The second kappa shape index (κ2) is 6.43. The minimum atomic E-state index is -0.241. The van der Waals surface area contributed by atoms with Gasteiger partial charge >= 0.3 is 0 Å². The van der Waals surface area contributed by atoms with E-state index in [1.807, 2.05) is 19.1 Å². The maximum absolute atomic E-state index is 13.0. The first-order valence-corrected chi connectivity index (χ1v) is 6.77. The maximum atomic E-state index is 13.0. The van der Waals surface area contributed by atoms with E-state index in [1.54, 1.807) is 18.3 Å². The van der Waals surface area contributed by atoms with Gasteiger partial charge in [-0.15, -0.1) is 0 Å². The van der Waals surface area contributed by atoms with Crippen molar-refractivity contribution in [2.24, 2.45) is 5.73 Å². The van der Waals surface area contributed by atoms with E-state index >= 15 is 0 Å². The molecule has 0 radical (unpaired) electrons. The molecule has 0 saturated heterocycles. The van der Waals surface area contributed by atoms with Gasteiger partial charge < -0.3 is 10.6 Å². The average Bonchev–Trinajstić information content (AvgIpc) is 2.46. The molecule has 0 aliphatic rings. The van der Waals surface area contributed by atoms with Gasteiger partial charge in [-0.3, -0.25) is 4.98 Å². The van der Waals surface area contributed by atoms with Crippen molar-refractivity contribution in [1.29, 1.82) is 0 Å². The molecule has 0 bridgehead atoms. The lowest BCUT2D eigenvalue weighted by molar-refractivity contribution is 0.627. The highest BCUT2D eigenvalue weighted by molar-refractivity contribution is 7.80. The summed E-state index contributed by atoms with van der Waals surface area (Å²) in [7, 11) is 0. The molecule has 0 spiro atoms. The Morgan fingerprint density at radius 2 is 2.00 bits per heavy atom. The molecule has 0 unspecified atom stereocenters. The predicted molar refractivity (Wildman–Crippen MR) is 83.2 cm³/mol. The van der Waals surface area contributed by atoms with Crippen LogP contribution in [0.25, 0.3) is 0 Å². The largest absolute Gasteiger partial charge is 0.388 e.